The van der Waals surface area contributed by atoms with Crippen LogP contribution in [0.15, 0.2) is 58.3 Å². The van der Waals surface area contributed by atoms with Crippen molar-refractivity contribution in [3.63, 3.8) is 0 Å². The van der Waals surface area contributed by atoms with Crippen LogP contribution in [0.2, 0.25) is 0 Å². The number of rotatable bonds is 7. The summed E-state index contributed by atoms with van der Waals surface area (Å²) in [5.74, 6) is -0.343. The third-order valence-electron chi connectivity index (χ3n) is 4.09. The third-order valence-corrected chi connectivity index (χ3v) is 6.65. The van der Waals surface area contributed by atoms with Crippen LogP contribution in [0.3, 0.4) is 0 Å². The van der Waals surface area contributed by atoms with Crippen LogP contribution in [-0.4, -0.2) is 38.5 Å². The molecule has 0 saturated heterocycles. The molecule has 2 aromatic rings. The van der Waals surface area contributed by atoms with E-state index in [1.54, 1.807) is 36.0 Å². The van der Waals surface area contributed by atoms with Crippen molar-refractivity contribution in [3.05, 3.63) is 59.7 Å². The Morgan fingerprint density at radius 3 is 2.23 bits per heavy atom. The lowest BCUT2D eigenvalue weighted by Gasteiger charge is -2.19. The summed E-state index contributed by atoms with van der Waals surface area (Å²) < 4.78 is 26.2. The quantitative estimate of drug-likeness (QED) is 0.735. The molecule has 0 radical (unpaired) electrons. The Hall–Kier alpha value is -1.83. The highest BCUT2D eigenvalue weighted by molar-refractivity contribution is 7.98. The van der Waals surface area contributed by atoms with Crippen molar-refractivity contribution in [2.24, 2.45) is 0 Å². The molecule has 0 heterocycles. The highest BCUT2D eigenvalue weighted by atomic mass is 32.2. The van der Waals surface area contributed by atoms with Crippen LogP contribution in [0.4, 0.5) is 0 Å². The summed E-state index contributed by atoms with van der Waals surface area (Å²) >= 11 is 1.65. The Labute approximate surface area is 159 Å². The van der Waals surface area contributed by atoms with Crippen molar-refractivity contribution in [1.29, 1.82) is 0 Å². The van der Waals surface area contributed by atoms with E-state index in [0.717, 1.165) is 20.3 Å². The number of carbonyl (C=O) groups excluding carboxylic acids is 1. The number of hydrogen-bond donors (Lipinski definition) is 1. The monoisotopic (exact) mass is 392 g/mol. The molecule has 1 atom stereocenters. The highest BCUT2D eigenvalue weighted by Gasteiger charge is 2.23. The number of benzene rings is 2. The first-order valence-corrected chi connectivity index (χ1v) is 10.9. The maximum Gasteiger partial charge on any atom is 0.243 e. The summed E-state index contributed by atoms with van der Waals surface area (Å²) in [6.45, 7) is 3.53. The third kappa shape index (κ3) is 5.09. The predicted molar refractivity (Wildman–Crippen MR) is 106 cm³/mol. The first-order valence-electron chi connectivity index (χ1n) is 8.20. The van der Waals surface area contributed by atoms with Crippen molar-refractivity contribution in [2.45, 2.75) is 29.7 Å². The first-order chi connectivity index (χ1) is 12.2. The van der Waals surface area contributed by atoms with Crippen molar-refractivity contribution in [1.82, 2.24) is 9.62 Å². The molecule has 0 spiro atoms. The molecule has 1 amide bonds. The van der Waals surface area contributed by atoms with E-state index in [1.165, 1.54) is 7.05 Å². The number of nitrogens with one attached hydrogen (secondary N) is 1. The molecular weight excluding hydrogens is 368 g/mol. The van der Waals surface area contributed by atoms with E-state index in [0.29, 0.717) is 0 Å². The number of aryl methyl sites for hydroxylation is 1. The zero-order chi connectivity index (χ0) is 19.3. The standard InChI is InChI=1S/C19H24N2O3S2/c1-14-5-11-18(12-6-14)26(23,24)21(3)13-19(22)20-15(2)16-7-9-17(25-4)10-8-16/h5-12,15H,13H2,1-4H3,(H,20,22). The van der Waals surface area contributed by atoms with E-state index in [1.807, 2.05) is 44.4 Å². The molecule has 2 aromatic carbocycles. The number of hydrogen-bond acceptors (Lipinski definition) is 4. The average molecular weight is 393 g/mol. The van der Waals surface area contributed by atoms with Gasteiger partial charge in [0.05, 0.1) is 17.5 Å². The van der Waals surface area contributed by atoms with Crippen molar-refractivity contribution in [2.75, 3.05) is 19.8 Å². The fraction of sp³-hybridized carbons (Fsp3) is 0.316. The maximum absolute atomic E-state index is 12.5. The normalized spacial score (nSPS) is 12.8. The molecule has 1 unspecified atom stereocenters. The average Bonchev–Trinajstić information content (AvgIpc) is 2.61. The van der Waals surface area contributed by atoms with Gasteiger partial charge in [0.1, 0.15) is 0 Å². The van der Waals surface area contributed by atoms with E-state index in [2.05, 4.69) is 5.32 Å². The molecule has 0 aliphatic heterocycles. The molecule has 26 heavy (non-hydrogen) atoms. The molecule has 0 aromatic heterocycles. The van der Waals surface area contributed by atoms with Crippen molar-refractivity contribution < 1.29 is 13.2 Å². The zero-order valence-electron chi connectivity index (χ0n) is 15.4. The molecule has 0 fully saturated rings. The van der Waals surface area contributed by atoms with E-state index in [4.69, 9.17) is 0 Å². The first kappa shape index (κ1) is 20.5. The van der Waals surface area contributed by atoms with Gasteiger partial charge in [-0.05, 0) is 49.9 Å². The molecule has 0 aliphatic rings. The van der Waals surface area contributed by atoms with Crippen LogP contribution in [0.25, 0.3) is 0 Å². The maximum atomic E-state index is 12.5. The van der Waals surface area contributed by atoms with Gasteiger partial charge in [0.15, 0.2) is 0 Å². The van der Waals surface area contributed by atoms with Crippen LogP contribution in [0.5, 0.6) is 0 Å². The molecule has 5 nitrogen and oxygen atoms in total. The Morgan fingerprint density at radius 2 is 1.69 bits per heavy atom. The predicted octanol–water partition coefficient (Wildman–Crippen LogP) is 3.21. The number of nitrogens with zero attached hydrogens (tertiary/aromatic N) is 1. The molecule has 2 rings (SSSR count). The van der Waals surface area contributed by atoms with Gasteiger partial charge in [0.2, 0.25) is 15.9 Å². The topological polar surface area (TPSA) is 66.5 Å². The van der Waals surface area contributed by atoms with Crippen LogP contribution in [-0.2, 0) is 14.8 Å². The van der Waals surface area contributed by atoms with Crippen LogP contribution in [0, 0.1) is 6.92 Å². The molecular formula is C19H24N2O3S2. The van der Waals surface area contributed by atoms with Crippen LogP contribution < -0.4 is 5.32 Å². The van der Waals surface area contributed by atoms with Crippen LogP contribution >= 0.6 is 11.8 Å². The van der Waals surface area contributed by atoms with E-state index in [-0.39, 0.29) is 23.4 Å². The largest absolute Gasteiger partial charge is 0.348 e. The van der Waals surface area contributed by atoms with Gasteiger partial charge in [0.25, 0.3) is 0 Å². The van der Waals surface area contributed by atoms with Gasteiger partial charge in [-0.2, -0.15) is 4.31 Å². The van der Waals surface area contributed by atoms with Gasteiger partial charge in [-0.15, -0.1) is 11.8 Å². The second-order valence-electron chi connectivity index (χ2n) is 6.14. The van der Waals surface area contributed by atoms with Gasteiger partial charge in [0, 0.05) is 11.9 Å². The smallest absolute Gasteiger partial charge is 0.243 e. The summed E-state index contributed by atoms with van der Waals surface area (Å²) in [4.78, 5) is 13.6. The van der Waals surface area contributed by atoms with Gasteiger partial charge in [-0.1, -0.05) is 29.8 Å². The Bertz CT molecular complexity index is 847. The lowest BCUT2D eigenvalue weighted by molar-refractivity contribution is -0.121. The van der Waals surface area contributed by atoms with Gasteiger partial charge < -0.3 is 5.32 Å². The van der Waals surface area contributed by atoms with Crippen molar-refractivity contribution in [3.8, 4) is 0 Å². The van der Waals surface area contributed by atoms with Gasteiger partial charge >= 0.3 is 0 Å². The Kier molecular flexibility index (Phi) is 6.86. The number of sulfonamides is 1. The second kappa shape index (κ2) is 8.70. The molecule has 0 aliphatic carbocycles. The molecule has 140 valence electrons. The van der Waals surface area contributed by atoms with Gasteiger partial charge in [-0.3, -0.25) is 4.79 Å². The minimum atomic E-state index is -3.69. The Balaban J connectivity index is 2.00. The minimum absolute atomic E-state index is 0.180. The number of likely N-dealkylation sites (N-methyl/N-ethyl adjacent to an activating group) is 1. The summed E-state index contributed by atoms with van der Waals surface area (Å²) in [6.07, 6.45) is 2.00. The lowest BCUT2D eigenvalue weighted by Crippen LogP contribution is -2.39. The fourth-order valence-corrected chi connectivity index (χ4v) is 3.98. The summed E-state index contributed by atoms with van der Waals surface area (Å²) in [5, 5.41) is 2.85. The fourth-order valence-electron chi connectivity index (χ4n) is 2.44. The SMILES string of the molecule is CSc1ccc(C(C)NC(=O)CN(C)S(=O)(=O)c2ccc(C)cc2)cc1. The molecule has 1 N–H and O–H groups in total. The number of thioether (sulfide) groups is 1. The molecule has 0 saturated carbocycles. The highest BCUT2D eigenvalue weighted by Crippen LogP contribution is 2.19. The minimum Gasteiger partial charge on any atom is -0.348 e. The molecule has 7 heteroatoms. The lowest BCUT2D eigenvalue weighted by atomic mass is 10.1. The number of carbonyl (C=O) groups is 1. The summed E-state index contributed by atoms with van der Waals surface area (Å²) in [7, 11) is -2.28. The number of amides is 1. The summed E-state index contributed by atoms with van der Waals surface area (Å²) in [5.41, 5.74) is 1.95. The summed E-state index contributed by atoms with van der Waals surface area (Å²) in [6, 6.07) is 14.3. The molecule has 0 bridgehead atoms. The zero-order valence-corrected chi connectivity index (χ0v) is 17.0. The van der Waals surface area contributed by atoms with Crippen LogP contribution in [0.1, 0.15) is 24.1 Å². The second-order valence-corrected chi connectivity index (χ2v) is 9.06. The van der Waals surface area contributed by atoms with Gasteiger partial charge in [-0.25, -0.2) is 8.42 Å². The van der Waals surface area contributed by atoms with E-state index >= 15 is 0 Å². The van der Waals surface area contributed by atoms with E-state index in [9.17, 15) is 13.2 Å². The van der Waals surface area contributed by atoms with Crippen molar-refractivity contribution >= 4 is 27.7 Å². The Morgan fingerprint density at radius 1 is 1.12 bits per heavy atom. The van der Waals surface area contributed by atoms with E-state index < -0.39 is 10.0 Å².